The van der Waals surface area contributed by atoms with Crippen LogP contribution in [0.5, 0.6) is 0 Å². The van der Waals surface area contributed by atoms with E-state index in [9.17, 15) is 29.0 Å². The minimum atomic E-state index is -1.21. The fourth-order valence-electron chi connectivity index (χ4n) is 5.09. The molecule has 0 unspecified atom stereocenters. The van der Waals surface area contributed by atoms with E-state index >= 15 is 0 Å². The van der Waals surface area contributed by atoms with Gasteiger partial charge in [0.25, 0.3) is 5.91 Å². The Labute approximate surface area is 244 Å². The predicted molar refractivity (Wildman–Crippen MR) is 158 cm³/mol. The van der Waals surface area contributed by atoms with Crippen LogP contribution in [0.1, 0.15) is 62.3 Å². The highest BCUT2D eigenvalue weighted by molar-refractivity contribution is 6.05. The number of nitrogens with one attached hydrogen (secondary N) is 1. The molecular weight excluding hydrogens is 541 g/mol. The number of ketones is 1. The summed E-state index contributed by atoms with van der Waals surface area (Å²) in [7, 11) is 0. The van der Waals surface area contributed by atoms with E-state index in [2.05, 4.69) is 5.32 Å². The summed E-state index contributed by atoms with van der Waals surface area (Å²) in [6.07, 6.45) is -1.14. The number of rotatable bonds is 14. The number of aliphatic hydroxyl groups is 2. The fourth-order valence-corrected chi connectivity index (χ4v) is 5.09. The molecule has 0 aliphatic rings. The lowest BCUT2D eigenvalue weighted by Crippen LogP contribution is -2.31. The Morgan fingerprint density at radius 2 is 1.60 bits per heavy atom. The first kappa shape index (κ1) is 32.2. The van der Waals surface area contributed by atoms with Gasteiger partial charge in [0.15, 0.2) is 5.78 Å². The zero-order chi connectivity index (χ0) is 31.0. The molecule has 0 saturated carbocycles. The molecule has 2 aromatic carbocycles. The fraction of sp³-hybridized carbons (Fsp3) is 0.344. The molecule has 0 aliphatic carbocycles. The highest BCUT2D eigenvalue weighted by atomic mass is 19.1. The molecule has 2 atom stereocenters. The van der Waals surface area contributed by atoms with E-state index in [1.807, 2.05) is 48.7 Å². The van der Waals surface area contributed by atoms with Crippen LogP contribution in [0.2, 0.25) is 0 Å². The van der Waals surface area contributed by atoms with Crippen LogP contribution >= 0.6 is 0 Å². The molecule has 1 heterocycles. The maximum absolute atomic E-state index is 14.0. The van der Waals surface area contributed by atoms with E-state index in [1.165, 1.54) is 25.1 Å². The van der Waals surface area contributed by atoms with Gasteiger partial charge in [0.05, 0.1) is 25.2 Å². The number of aromatic nitrogens is 1. The van der Waals surface area contributed by atoms with Gasteiger partial charge in [-0.2, -0.15) is 0 Å². The topological polar surface area (TPSA) is 155 Å². The van der Waals surface area contributed by atoms with Gasteiger partial charge in [-0.15, -0.1) is 0 Å². The number of halogens is 1. The van der Waals surface area contributed by atoms with Crippen molar-refractivity contribution < 1.29 is 34.1 Å². The molecule has 1 aromatic heterocycles. The molecule has 6 N–H and O–H groups in total. The van der Waals surface area contributed by atoms with E-state index in [1.54, 1.807) is 12.1 Å². The van der Waals surface area contributed by atoms with Crippen LogP contribution in [-0.2, 0) is 16.0 Å². The number of nitrogens with two attached hydrogens (primary N) is 1. The van der Waals surface area contributed by atoms with Gasteiger partial charge < -0.3 is 30.9 Å². The lowest BCUT2D eigenvalue weighted by molar-refractivity contribution is -0.139. The normalized spacial score (nSPS) is 13.2. The number of carbonyl (C=O) groups excluding carboxylic acids is 2. The van der Waals surface area contributed by atoms with Gasteiger partial charge in [0, 0.05) is 34.6 Å². The summed E-state index contributed by atoms with van der Waals surface area (Å²) in [5.74, 6) is -2.26. The molecular formula is C32H38FN3O6. The first-order valence-electron chi connectivity index (χ1n) is 13.8. The second-order valence-corrected chi connectivity index (χ2v) is 10.6. The van der Waals surface area contributed by atoms with E-state index < -0.39 is 36.3 Å². The van der Waals surface area contributed by atoms with Gasteiger partial charge >= 0.3 is 5.97 Å². The molecule has 0 bridgehead atoms. The Kier molecular flexibility index (Phi) is 11.2. The van der Waals surface area contributed by atoms with E-state index in [4.69, 9.17) is 10.8 Å². The second-order valence-electron chi connectivity index (χ2n) is 10.6. The highest BCUT2D eigenvalue weighted by Crippen LogP contribution is 2.42. The molecule has 1 amide bonds. The van der Waals surface area contributed by atoms with Crippen molar-refractivity contribution in [2.75, 3.05) is 6.54 Å². The number of carbonyl (C=O) groups is 3. The number of amides is 1. The third kappa shape index (κ3) is 8.37. The summed E-state index contributed by atoms with van der Waals surface area (Å²) in [5.41, 5.74) is 9.88. The van der Waals surface area contributed by atoms with Gasteiger partial charge in [0.2, 0.25) is 0 Å². The van der Waals surface area contributed by atoms with Crippen LogP contribution in [0, 0.1) is 5.82 Å². The lowest BCUT2D eigenvalue weighted by atomic mass is 9.92. The zero-order valence-electron chi connectivity index (χ0n) is 24.0. The van der Waals surface area contributed by atoms with Crippen molar-refractivity contribution in [1.82, 2.24) is 9.88 Å². The smallest absolute Gasteiger partial charge is 0.305 e. The number of allylic oxidation sites excluding steroid dienone is 1. The predicted octanol–water partition coefficient (Wildman–Crippen LogP) is 4.22. The van der Waals surface area contributed by atoms with Crippen molar-refractivity contribution in [3.8, 4) is 22.3 Å². The quantitative estimate of drug-likeness (QED) is 0.179. The number of hydrogen-bond acceptors (Lipinski definition) is 6. The third-order valence-corrected chi connectivity index (χ3v) is 6.74. The molecule has 0 fully saturated rings. The molecule has 224 valence electrons. The van der Waals surface area contributed by atoms with Crippen molar-refractivity contribution in [1.29, 1.82) is 0 Å². The van der Waals surface area contributed by atoms with Crippen molar-refractivity contribution >= 4 is 17.7 Å². The standard InChI is InChI=1S/C32H38FN3O6/c1-19(2)36-27(14-13-25(38)16-26(39)17-28(40)41)29(22-9-11-23(33)12-10-22)30(21-7-5-4-6-8-21)31(36)32(42)35-18-24(34)15-20(3)37/h4-12,15,19,25-26,38-39H,13-14,16-18,34H2,1-3H3,(H,35,42)(H,40,41)/t25-,26-/m1/s1. The molecule has 0 saturated heterocycles. The molecule has 0 spiro atoms. The van der Waals surface area contributed by atoms with Crippen LogP contribution in [0.25, 0.3) is 22.3 Å². The summed E-state index contributed by atoms with van der Waals surface area (Å²) >= 11 is 0. The average Bonchev–Trinajstić information content (AvgIpc) is 3.26. The largest absolute Gasteiger partial charge is 0.481 e. The summed E-state index contributed by atoms with van der Waals surface area (Å²) in [6.45, 7) is 5.14. The van der Waals surface area contributed by atoms with Crippen LogP contribution in [0.15, 0.2) is 66.4 Å². The second kappa shape index (κ2) is 14.6. The van der Waals surface area contributed by atoms with E-state index in [0.29, 0.717) is 28.1 Å². The Morgan fingerprint density at radius 3 is 2.17 bits per heavy atom. The maximum atomic E-state index is 14.0. The monoisotopic (exact) mass is 579 g/mol. The Balaban J connectivity index is 2.20. The molecule has 9 nitrogen and oxygen atoms in total. The Morgan fingerprint density at radius 1 is 0.976 bits per heavy atom. The number of carboxylic acid groups (broad SMARTS) is 1. The van der Waals surface area contributed by atoms with Gasteiger partial charge in [-0.1, -0.05) is 42.5 Å². The van der Waals surface area contributed by atoms with Crippen LogP contribution in [0.4, 0.5) is 4.39 Å². The van der Waals surface area contributed by atoms with Crippen LogP contribution in [0.3, 0.4) is 0 Å². The molecule has 3 aromatic rings. The molecule has 10 heteroatoms. The number of aliphatic carboxylic acids is 1. The maximum Gasteiger partial charge on any atom is 0.305 e. The Bertz CT molecular complexity index is 1430. The first-order chi connectivity index (χ1) is 19.9. The molecule has 0 aliphatic heterocycles. The summed E-state index contributed by atoms with van der Waals surface area (Å²) in [5, 5.41) is 32.5. The first-order valence-corrected chi connectivity index (χ1v) is 13.8. The number of aliphatic hydroxyl groups excluding tert-OH is 2. The number of benzene rings is 2. The number of nitrogens with zero attached hydrogens (tertiary/aromatic N) is 1. The van der Waals surface area contributed by atoms with Crippen molar-refractivity contribution in [3.05, 3.63) is 83.6 Å². The van der Waals surface area contributed by atoms with Crippen LogP contribution in [-0.4, -0.2) is 56.3 Å². The highest BCUT2D eigenvalue weighted by Gasteiger charge is 2.30. The Hall–Kier alpha value is -4.28. The van der Waals surface area contributed by atoms with Gasteiger partial charge in [0.1, 0.15) is 11.5 Å². The number of hydrogen-bond donors (Lipinski definition) is 5. The van der Waals surface area contributed by atoms with E-state index in [-0.39, 0.29) is 43.3 Å². The van der Waals surface area contributed by atoms with Crippen molar-refractivity contribution in [2.24, 2.45) is 5.73 Å². The zero-order valence-corrected chi connectivity index (χ0v) is 24.0. The third-order valence-electron chi connectivity index (χ3n) is 6.74. The van der Waals surface area contributed by atoms with Gasteiger partial charge in [-0.3, -0.25) is 14.4 Å². The molecule has 3 rings (SSSR count). The minimum Gasteiger partial charge on any atom is -0.481 e. The summed E-state index contributed by atoms with van der Waals surface area (Å²) in [4.78, 5) is 36.3. The molecule has 42 heavy (non-hydrogen) atoms. The SMILES string of the molecule is CC(=O)C=C(N)CNC(=O)c1c(-c2ccccc2)c(-c2ccc(F)cc2)c(CC[C@@H](O)C[C@@H](O)CC(=O)O)n1C(C)C. The summed E-state index contributed by atoms with van der Waals surface area (Å²) in [6, 6.07) is 15.0. The van der Waals surface area contributed by atoms with E-state index in [0.717, 1.165) is 5.56 Å². The lowest BCUT2D eigenvalue weighted by Gasteiger charge is -2.20. The van der Waals surface area contributed by atoms with Crippen molar-refractivity contribution in [3.63, 3.8) is 0 Å². The van der Waals surface area contributed by atoms with Crippen molar-refractivity contribution in [2.45, 2.75) is 64.7 Å². The number of carboxylic acids is 1. The minimum absolute atomic E-state index is 0.0582. The molecule has 0 radical (unpaired) electrons. The average molecular weight is 580 g/mol. The summed E-state index contributed by atoms with van der Waals surface area (Å²) < 4.78 is 15.9. The van der Waals surface area contributed by atoms with Gasteiger partial charge in [-0.25, -0.2) is 4.39 Å². The van der Waals surface area contributed by atoms with Gasteiger partial charge in [-0.05, 0) is 63.3 Å². The van der Waals surface area contributed by atoms with Crippen LogP contribution < -0.4 is 11.1 Å².